The van der Waals surface area contributed by atoms with Gasteiger partial charge in [-0.1, -0.05) is 18.2 Å². The van der Waals surface area contributed by atoms with Gasteiger partial charge in [-0.3, -0.25) is 4.90 Å². The summed E-state index contributed by atoms with van der Waals surface area (Å²) < 4.78 is 11.7. The molecule has 1 heterocycles. The molecule has 1 aliphatic rings. The van der Waals surface area contributed by atoms with Crippen LogP contribution in [0.3, 0.4) is 0 Å². The number of anilines is 1. The molecule has 1 unspecified atom stereocenters. The van der Waals surface area contributed by atoms with Crippen LogP contribution in [0.15, 0.2) is 59.6 Å². The van der Waals surface area contributed by atoms with Crippen LogP contribution < -0.4 is 14.8 Å². The molecule has 0 saturated carbocycles. The Kier molecular flexibility index (Phi) is 8.34. The number of hydrogen-bond donors (Lipinski definition) is 2. The van der Waals surface area contributed by atoms with Crippen LogP contribution in [0.1, 0.15) is 19.3 Å². The van der Waals surface area contributed by atoms with Crippen LogP contribution in [0.25, 0.3) is 0 Å². The molecule has 2 aromatic rings. The van der Waals surface area contributed by atoms with Crippen LogP contribution in [0.2, 0.25) is 0 Å². The molecule has 29 heavy (non-hydrogen) atoms. The highest BCUT2D eigenvalue weighted by atomic mass is 16.5. The molecule has 6 heteroatoms. The number of ether oxygens (including phenoxy) is 2. The van der Waals surface area contributed by atoms with E-state index in [1.165, 1.54) is 0 Å². The molecule has 2 aromatic carbocycles. The molecule has 0 amide bonds. The highest BCUT2D eigenvalue weighted by Gasteiger charge is 2.16. The number of aliphatic hydroxyl groups excluding tert-OH is 1. The molecule has 1 atom stereocenters. The first-order valence-electron chi connectivity index (χ1n) is 10.3. The first kappa shape index (κ1) is 21.1. The highest BCUT2D eigenvalue weighted by Crippen LogP contribution is 2.19. The SMILES string of the molecule is CN=C(Nc1ccccc1)Oc1ccc(OCCN2CCCC(CO)CC2)cc1. The van der Waals surface area contributed by atoms with Crippen LogP contribution in [0.4, 0.5) is 5.69 Å². The van der Waals surface area contributed by atoms with E-state index in [-0.39, 0.29) is 0 Å². The largest absolute Gasteiger partial charge is 0.492 e. The molecule has 1 saturated heterocycles. The number of rotatable bonds is 7. The summed E-state index contributed by atoms with van der Waals surface area (Å²) in [5.74, 6) is 1.98. The minimum atomic E-state index is 0.310. The van der Waals surface area contributed by atoms with Crippen molar-refractivity contribution in [3.8, 4) is 11.5 Å². The third kappa shape index (κ3) is 7.07. The summed E-state index contributed by atoms with van der Waals surface area (Å²) in [5, 5.41) is 12.5. The maximum absolute atomic E-state index is 9.33. The lowest BCUT2D eigenvalue weighted by Crippen LogP contribution is -2.29. The van der Waals surface area contributed by atoms with Gasteiger partial charge in [0.15, 0.2) is 0 Å². The average Bonchev–Trinajstić information content (AvgIpc) is 3.00. The van der Waals surface area contributed by atoms with Crippen LogP contribution in [0.5, 0.6) is 11.5 Å². The predicted molar refractivity (Wildman–Crippen MR) is 117 cm³/mol. The van der Waals surface area contributed by atoms with Gasteiger partial charge in [-0.15, -0.1) is 0 Å². The molecule has 156 valence electrons. The van der Waals surface area contributed by atoms with Gasteiger partial charge in [0.2, 0.25) is 0 Å². The summed E-state index contributed by atoms with van der Waals surface area (Å²) in [6.45, 7) is 3.99. The first-order valence-corrected chi connectivity index (χ1v) is 10.3. The molecule has 0 aromatic heterocycles. The topological polar surface area (TPSA) is 66.3 Å². The van der Waals surface area contributed by atoms with E-state index >= 15 is 0 Å². The van der Waals surface area contributed by atoms with Crippen molar-refractivity contribution < 1.29 is 14.6 Å². The third-order valence-corrected chi connectivity index (χ3v) is 5.14. The quantitative estimate of drug-likeness (QED) is 0.552. The van der Waals surface area contributed by atoms with Gasteiger partial charge >= 0.3 is 0 Å². The zero-order chi connectivity index (χ0) is 20.3. The number of likely N-dealkylation sites (tertiary alicyclic amines) is 1. The minimum absolute atomic E-state index is 0.310. The molecular weight excluding hydrogens is 366 g/mol. The Bertz CT molecular complexity index is 750. The molecular formula is C23H31N3O3. The van der Waals surface area contributed by atoms with Crippen LogP contribution in [0, 0.1) is 5.92 Å². The maximum atomic E-state index is 9.33. The molecule has 0 spiro atoms. The Morgan fingerprint density at radius 1 is 1.07 bits per heavy atom. The second kappa shape index (κ2) is 11.4. The highest BCUT2D eigenvalue weighted by molar-refractivity contribution is 5.90. The van der Waals surface area contributed by atoms with E-state index < -0.39 is 0 Å². The van der Waals surface area contributed by atoms with Gasteiger partial charge in [0.05, 0.1) is 0 Å². The second-order valence-electron chi connectivity index (χ2n) is 7.26. The zero-order valence-electron chi connectivity index (χ0n) is 17.1. The van der Waals surface area contributed by atoms with E-state index in [9.17, 15) is 5.11 Å². The summed E-state index contributed by atoms with van der Waals surface area (Å²) in [4.78, 5) is 6.58. The fourth-order valence-electron chi connectivity index (χ4n) is 3.41. The van der Waals surface area contributed by atoms with E-state index in [2.05, 4.69) is 15.2 Å². The van der Waals surface area contributed by atoms with Gasteiger partial charge in [0.1, 0.15) is 18.1 Å². The van der Waals surface area contributed by atoms with Gasteiger partial charge < -0.3 is 19.9 Å². The lowest BCUT2D eigenvalue weighted by Gasteiger charge is -2.20. The molecule has 1 aliphatic heterocycles. The van der Waals surface area contributed by atoms with Crippen LogP contribution >= 0.6 is 0 Å². The summed E-state index contributed by atoms with van der Waals surface area (Å²) in [5.41, 5.74) is 0.923. The number of benzene rings is 2. The minimum Gasteiger partial charge on any atom is -0.492 e. The smallest absolute Gasteiger partial charge is 0.294 e. The van der Waals surface area contributed by atoms with Crippen molar-refractivity contribution in [3.05, 3.63) is 54.6 Å². The summed E-state index contributed by atoms with van der Waals surface area (Å²) in [7, 11) is 1.69. The van der Waals surface area contributed by atoms with Crippen molar-refractivity contribution >= 4 is 11.7 Å². The third-order valence-electron chi connectivity index (χ3n) is 5.14. The molecule has 1 fully saturated rings. The van der Waals surface area contributed by atoms with Gasteiger partial charge in [-0.25, -0.2) is 4.99 Å². The van der Waals surface area contributed by atoms with Crippen molar-refractivity contribution in [1.82, 2.24) is 4.90 Å². The van der Waals surface area contributed by atoms with Crippen LogP contribution in [-0.4, -0.2) is 55.9 Å². The number of amidine groups is 1. The fourth-order valence-corrected chi connectivity index (χ4v) is 3.41. The number of nitrogens with zero attached hydrogens (tertiary/aromatic N) is 2. The Labute approximate surface area is 173 Å². The Morgan fingerprint density at radius 2 is 1.83 bits per heavy atom. The number of para-hydroxylation sites is 1. The number of hydrogen-bond acceptors (Lipinski definition) is 5. The van der Waals surface area contributed by atoms with Gasteiger partial charge in [0, 0.05) is 25.9 Å². The maximum Gasteiger partial charge on any atom is 0.294 e. The standard InChI is InChI=1S/C23H31N3O3/c1-24-23(25-20-7-3-2-4-8-20)29-22-11-9-21(10-12-22)28-17-16-26-14-5-6-19(18-27)13-15-26/h2-4,7-12,19,27H,5-6,13-18H2,1H3,(H,24,25). The molecule has 0 aliphatic carbocycles. The van der Waals surface area contributed by atoms with Crippen molar-refractivity contribution in [1.29, 1.82) is 0 Å². The number of aliphatic imine (C=N–C) groups is 1. The van der Waals surface area contributed by atoms with E-state index in [1.807, 2.05) is 54.6 Å². The summed E-state index contributed by atoms with van der Waals surface area (Å²) in [6, 6.07) is 17.8. The fraction of sp³-hybridized carbons (Fsp3) is 0.435. The van der Waals surface area contributed by atoms with E-state index in [0.717, 1.165) is 50.3 Å². The number of nitrogens with one attached hydrogen (secondary N) is 1. The normalized spacial score (nSPS) is 18.1. The molecule has 3 rings (SSSR count). The van der Waals surface area contributed by atoms with Gasteiger partial charge in [-0.2, -0.15) is 0 Å². The Balaban J connectivity index is 1.42. The van der Waals surface area contributed by atoms with Gasteiger partial charge in [-0.05, 0) is 74.7 Å². The predicted octanol–water partition coefficient (Wildman–Crippen LogP) is 3.64. The van der Waals surface area contributed by atoms with Crippen molar-refractivity contribution in [2.75, 3.05) is 45.2 Å². The van der Waals surface area contributed by atoms with Crippen molar-refractivity contribution in [3.63, 3.8) is 0 Å². The van der Waals surface area contributed by atoms with E-state index in [0.29, 0.717) is 30.9 Å². The average molecular weight is 398 g/mol. The molecule has 2 N–H and O–H groups in total. The van der Waals surface area contributed by atoms with E-state index in [1.54, 1.807) is 7.05 Å². The zero-order valence-corrected chi connectivity index (χ0v) is 17.1. The first-order chi connectivity index (χ1) is 14.3. The molecule has 6 nitrogen and oxygen atoms in total. The lowest BCUT2D eigenvalue weighted by atomic mass is 10.0. The second-order valence-corrected chi connectivity index (χ2v) is 7.26. The molecule has 0 radical (unpaired) electrons. The Morgan fingerprint density at radius 3 is 2.55 bits per heavy atom. The van der Waals surface area contributed by atoms with Crippen LogP contribution in [-0.2, 0) is 0 Å². The molecule has 0 bridgehead atoms. The summed E-state index contributed by atoms with van der Waals surface area (Å²) in [6.07, 6.45) is 3.34. The number of aliphatic hydroxyl groups is 1. The Hall–Kier alpha value is -2.57. The summed E-state index contributed by atoms with van der Waals surface area (Å²) >= 11 is 0. The lowest BCUT2D eigenvalue weighted by molar-refractivity contribution is 0.196. The van der Waals surface area contributed by atoms with E-state index in [4.69, 9.17) is 9.47 Å². The van der Waals surface area contributed by atoms with Crippen molar-refractivity contribution in [2.45, 2.75) is 19.3 Å². The van der Waals surface area contributed by atoms with Crippen molar-refractivity contribution in [2.24, 2.45) is 10.9 Å². The van der Waals surface area contributed by atoms with Gasteiger partial charge in [0.25, 0.3) is 6.02 Å². The monoisotopic (exact) mass is 397 g/mol.